The highest BCUT2D eigenvalue weighted by atomic mass is 15.1. The second-order valence-electron chi connectivity index (χ2n) is 3.62. The standard InChI is InChI=1S/C11H10N4/c1-7-3-5-15-9(6-7)14-10-8(12)2-4-13-11(10)15/h2-6H,1H3,(H2,12,13). The molecule has 0 fully saturated rings. The van der Waals surface area contributed by atoms with Gasteiger partial charge in [0, 0.05) is 12.4 Å². The van der Waals surface area contributed by atoms with Gasteiger partial charge in [-0.15, -0.1) is 0 Å². The van der Waals surface area contributed by atoms with Crippen LogP contribution in [0.3, 0.4) is 0 Å². The number of hydrogen-bond acceptors (Lipinski definition) is 3. The first-order valence-electron chi connectivity index (χ1n) is 4.74. The average molecular weight is 198 g/mol. The average Bonchev–Trinajstić information content (AvgIpc) is 2.57. The molecule has 3 heterocycles. The van der Waals surface area contributed by atoms with Crippen LogP contribution in [0.2, 0.25) is 0 Å². The second-order valence-corrected chi connectivity index (χ2v) is 3.62. The van der Waals surface area contributed by atoms with Crippen molar-refractivity contribution >= 4 is 22.5 Å². The monoisotopic (exact) mass is 198 g/mol. The maximum absolute atomic E-state index is 5.84. The number of rotatable bonds is 0. The molecule has 2 N–H and O–H groups in total. The van der Waals surface area contributed by atoms with Gasteiger partial charge in [0.2, 0.25) is 0 Å². The second kappa shape index (κ2) is 2.70. The number of nitrogen functional groups attached to an aromatic ring is 1. The molecule has 74 valence electrons. The zero-order valence-corrected chi connectivity index (χ0v) is 8.31. The number of imidazole rings is 1. The van der Waals surface area contributed by atoms with Gasteiger partial charge in [0.1, 0.15) is 11.2 Å². The molecule has 4 nitrogen and oxygen atoms in total. The Kier molecular flexibility index (Phi) is 1.48. The molecule has 0 atom stereocenters. The van der Waals surface area contributed by atoms with Gasteiger partial charge in [0.05, 0.1) is 5.69 Å². The Labute approximate surface area is 86.4 Å². The summed E-state index contributed by atoms with van der Waals surface area (Å²) in [5.41, 5.74) is 10.1. The predicted molar refractivity (Wildman–Crippen MR) is 59.6 cm³/mol. The quantitative estimate of drug-likeness (QED) is 0.599. The number of aromatic nitrogens is 3. The minimum Gasteiger partial charge on any atom is -0.397 e. The van der Waals surface area contributed by atoms with Gasteiger partial charge in [-0.2, -0.15) is 0 Å². The van der Waals surface area contributed by atoms with Crippen molar-refractivity contribution in [2.24, 2.45) is 0 Å². The highest BCUT2D eigenvalue weighted by Gasteiger charge is 2.07. The number of nitrogens with zero attached hydrogens (tertiary/aromatic N) is 3. The van der Waals surface area contributed by atoms with Crippen LogP contribution in [0.1, 0.15) is 5.56 Å². The predicted octanol–water partition coefficient (Wildman–Crippen LogP) is 1.77. The number of fused-ring (bicyclic) bond motifs is 3. The van der Waals surface area contributed by atoms with E-state index < -0.39 is 0 Å². The van der Waals surface area contributed by atoms with E-state index in [0.717, 1.165) is 16.8 Å². The van der Waals surface area contributed by atoms with Crippen molar-refractivity contribution in [1.29, 1.82) is 0 Å². The topological polar surface area (TPSA) is 56.2 Å². The zero-order chi connectivity index (χ0) is 10.4. The van der Waals surface area contributed by atoms with E-state index >= 15 is 0 Å². The molecule has 0 radical (unpaired) electrons. The van der Waals surface area contributed by atoms with E-state index in [1.54, 1.807) is 12.3 Å². The van der Waals surface area contributed by atoms with Crippen molar-refractivity contribution in [3.05, 3.63) is 36.2 Å². The molecule has 0 spiro atoms. The lowest BCUT2D eigenvalue weighted by Gasteiger charge is -1.95. The Morgan fingerprint density at radius 3 is 3.07 bits per heavy atom. The minimum atomic E-state index is 0.668. The Hall–Kier alpha value is -2.10. The smallest absolute Gasteiger partial charge is 0.166 e. The summed E-state index contributed by atoms with van der Waals surface area (Å²) in [6.07, 6.45) is 3.66. The van der Waals surface area contributed by atoms with E-state index in [2.05, 4.69) is 9.97 Å². The minimum absolute atomic E-state index is 0.668. The molecule has 0 aliphatic carbocycles. The van der Waals surface area contributed by atoms with Crippen LogP contribution in [0.4, 0.5) is 5.69 Å². The summed E-state index contributed by atoms with van der Waals surface area (Å²) in [5.74, 6) is 0. The van der Waals surface area contributed by atoms with Gasteiger partial charge in [-0.1, -0.05) is 0 Å². The summed E-state index contributed by atoms with van der Waals surface area (Å²) in [6, 6.07) is 5.81. The fourth-order valence-corrected chi connectivity index (χ4v) is 1.72. The summed E-state index contributed by atoms with van der Waals surface area (Å²) in [7, 11) is 0. The molecule has 0 amide bonds. The number of aryl methyl sites for hydroxylation is 1. The van der Waals surface area contributed by atoms with Crippen molar-refractivity contribution in [2.75, 3.05) is 5.73 Å². The molecule has 0 saturated carbocycles. The number of anilines is 1. The molecule has 3 rings (SSSR count). The van der Waals surface area contributed by atoms with Crippen LogP contribution in [0.5, 0.6) is 0 Å². The molecular formula is C11H10N4. The molecule has 0 saturated heterocycles. The summed E-state index contributed by atoms with van der Waals surface area (Å²) >= 11 is 0. The maximum Gasteiger partial charge on any atom is 0.166 e. The normalized spacial score (nSPS) is 11.3. The molecule has 3 aromatic heterocycles. The molecule has 15 heavy (non-hydrogen) atoms. The number of pyridine rings is 2. The highest BCUT2D eigenvalue weighted by Crippen LogP contribution is 2.19. The van der Waals surface area contributed by atoms with E-state index in [0.29, 0.717) is 5.69 Å². The van der Waals surface area contributed by atoms with E-state index in [1.807, 2.05) is 29.7 Å². The highest BCUT2D eigenvalue weighted by molar-refractivity contribution is 5.87. The lowest BCUT2D eigenvalue weighted by Crippen LogP contribution is -1.89. The molecule has 4 heteroatoms. The molecule has 0 aliphatic rings. The fourth-order valence-electron chi connectivity index (χ4n) is 1.72. The summed E-state index contributed by atoms with van der Waals surface area (Å²) in [4.78, 5) is 8.73. The van der Waals surface area contributed by atoms with Crippen LogP contribution in [0.25, 0.3) is 16.8 Å². The number of hydrogen-bond donors (Lipinski definition) is 1. The third kappa shape index (κ3) is 1.08. The largest absolute Gasteiger partial charge is 0.397 e. The maximum atomic E-state index is 5.84. The Balaban J connectivity index is 2.57. The lowest BCUT2D eigenvalue weighted by molar-refractivity contribution is 1.17. The van der Waals surface area contributed by atoms with E-state index in [-0.39, 0.29) is 0 Å². The van der Waals surface area contributed by atoms with Gasteiger partial charge in [-0.05, 0) is 30.7 Å². The molecule has 0 bridgehead atoms. The van der Waals surface area contributed by atoms with Crippen LogP contribution in [-0.4, -0.2) is 14.4 Å². The van der Waals surface area contributed by atoms with Gasteiger partial charge in [-0.3, -0.25) is 4.40 Å². The van der Waals surface area contributed by atoms with Crippen LogP contribution in [0, 0.1) is 6.92 Å². The van der Waals surface area contributed by atoms with Crippen LogP contribution in [-0.2, 0) is 0 Å². The fraction of sp³-hybridized carbons (Fsp3) is 0.0909. The first-order valence-corrected chi connectivity index (χ1v) is 4.74. The van der Waals surface area contributed by atoms with Crippen LogP contribution in [0.15, 0.2) is 30.6 Å². The van der Waals surface area contributed by atoms with E-state index in [4.69, 9.17) is 5.73 Å². The van der Waals surface area contributed by atoms with Crippen LogP contribution >= 0.6 is 0 Å². The van der Waals surface area contributed by atoms with E-state index in [9.17, 15) is 0 Å². The molecular weight excluding hydrogens is 188 g/mol. The van der Waals surface area contributed by atoms with E-state index in [1.165, 1.54) is 5.56 Å². The molecule has 0 unspecified atom stereocenters. The molecule has 0 aromatic carbocycles. The lowest BCUT2D eigenvalue weighted by atomic mass is 10.3. The number of nitrogens with two attached hydrogens (primary N) is 1. The molecule has 3 aromatic rings. The summed E-state index contributed by atoms with van der Waals surface area (Å²) in [5, 5.41) is 0. The van der Waals surface area contributed by atoms with Gasteiger partial charge >= 0.3 is 0 Å². The SMILES string of the molecule is Cc1ccn2c(c1)nc1c(N)ccnc12. The summed E-state index contributed by atoms with van der Waals surface area (Å²) < 4.78 is 1.94. The van der Waals surface area contributed by atoms with Crippen molar-refractivity contribution in [3.8, 4) is 0 Å². The molecule has 0 aliphatic heterocycles. The van der Waals surface area contributed by atoms with Crippen molar-refractivity contribution in [2.45, 2.75) is 6.92 Å². The Bertz CT molecular complexity index is 654. The van der Waals surface area contributed by atoms with Crippen molar-refractivity contribution in [1.82, 2.24) is 14.4 Å². The Morgan fingerprint density at radius 2 is 2.20 bits per heavy atom. The van der Waals surface area contributed by atoms with Crippen molar-refractivity contribution < 1.29 is 0 Å². The van der Waals surface area contributed by atoms with Gasteiger partial charge in [0.25, 0.3) is 0 Å². The zero-order valence-electron chi connectivity index (χ0n) is 8.31. The van der Waals surface area contributed by atoms with Gasteiger partial charge < -0.3 is 5.73 Å². The van der Waals surface area contributed by atoms with Gasteiger partial charge in [0.15, 0.2) is 5.65 Å². The van der Waals surface area contributed by atoms with Gasteiger partial charge in [-0.25, -0.2) is 9.97 Å². The first kappa shape index (κ1) is 8.23. The summed E-state index contributed by atoms with van der Waals surface area (Å²) in [6.45, 7) is 2.04. The van der Waals surface area contributed by atoms with Crippen LogP contribution < -0.4 is 5.73 Å². The Morgan fingerprint density at radius 1 is 1.33 bits per heavy atom. The van der Waals surface area contributed by atoms with Crippen molar-refractivity contribution in [3.63, 3.8) is 0 Å². The first-order chi connectivity index (χ1) is 7.25. The third-order valence-electron chi connectivity index (χ3n) is 2.48. The third-order valence-corrected chi connectivity index (χ3v) is 2.48.